The third-order valence-electron chi connectivity index (χ3n) is 3.81. The van der Waals surface area contributed by atoms with Crippen molar-refractivity contribution in [2.45, 2.75) is 11.0 Å². The quantitative estimate of drug-likeness (QED) is 0.753. The van der Waals surface area contributed by atoms with E-state index >= 15 is 0 Å². The lowest BCUT2D eigenvalue weighted by molar-refractivity contribution is -0.116. The molecule has 2 aliphatic heterocycles. The van der Waals surface area contributed by atoms with E-state index in [2.05, 4.69) is 20.1 Å². The number of fused-ring (bicyclic) bond motifs is 1. The van der Waals surface area contributed by atoms with Gasteiger partial charge in [0.05, 0.1) is 25.7 Å². The number of ether oxygens (including phenoxy) is 2. The summed E-state index contributed by atoms with van der Waals surface area (Å²) in [6, 6.07) is 5.38. The molecule has 0 spiro atoms. The van der Waals surface area contributed by atoms with Crippen molar-refractivity contribution in [3.8, 4) is 22.9 Å². The molecule has 1 aromatic carbocycles. The van der Waals surface area contributed by atoms with Crippen LogP contribution in [0.3, 0.4) is 0 Å². The third kappa shape index (κ3) is 3.62. The van der Waals surface area contributed by atoms with Crippen molar-refractivity contribution in [1.29, 1.82) is 0 Å². The predicted octanol–water partition coefficient (Wildman–Crippen LogP) is 2.95. The summed E-state index contributed by atoms with van der Waals surface area (Å²) in [6.45, 7) is 0. The maximum atomic E-state index is 12.0. The number of benzene rings is 1. The summed E-state index contributed by atoms with van der Waals surface area (Å²) in [7, 11) is 3.14. The van der Waals surface area contributed by atoms with Crippen LogP contribution < -0.4 is 9.47 Å². The van der Waals surface area contributed by atoms with Gasteiger partial charge < -0.3 is 14.0 Å². The molecule has 0 aliphatic carbocycles. The molecule has 1 atom stereocenters. The number of rotatable bonds is 5. The van der Waals surface area contributed by atoms with Crippen LogP contribution in [0, 0.1) is 0 Å². The van der Waals surface area contributed by atoms with Crippen LogP contribution >= 0.6 is 23.5 Å². The van der Waals surface area contributed by atoms with Gasteiger partial charge in [0, 0.05) is 5.56 Å². The molecule has 0 N–H and O–H groups in total. The summed E-state index contributed by atoms with van der Waals surface area (Å²) in [6.07, 6.45) is 1.84. The minimum absolute atomic E-state index is 0.186. The molecule has 4 rings (SSSR count). The molecule has 1 aromatic heterocycles. The molecule has 2 aliphatic rings. The fourth-order valence-electron chi connectivity index (χ4n) is 2.51. The average molecular weight is 402 g/mol. The highest BCUT2D eigenvalue weighted by Crippen LogP contribution is 2.32. The van der Waals surface area contributed by atoms with Gasteiger partial charge in [-0.2, -0.15) is 9.98 Å². The molecule has 8 nitrogen and oxygen atoms in total. The van der Waals surface area contributed by atoms with E-state index in [1.54, 1.807) is 26.4 Å². The highest BCUT2D eigenvalue weighted by atomic mass is 32.2. The number of amides is 1. The van der Waals surface area contributed by atoms with Crippen molar-refractivity contribution in [2.24, 2.45) is 9.98 Å². The van der Waals surface area contributed by atoms with Gasteiger partial charge in [-0.15, -0.1) is 11.8 Å². The summed E-state index contributed by atoms with van der Waals surface area (Å²) in [4.78, 5) is 24.8. The van der Waals surface area contributed by atoms with Crippen LogP contribution in [0.2, 0.25) is 0 Å². The number of hydrogen-bond donors (Lipinski definition) is 0. The second kappa shape index (κ2) is 7.57. The number of thioether (sulfide) groups is 2. The summed E-state index contributed by atoms with van der Waals surface area (Å²) >= 11 is 2.70. The second-order valence-electron chi connectivity index (χ2n) is 5.46. The largest absolute Gasteiger partial charge is 0.493 e. The Labute approximate surface area is 163 Å². The van der Waals surface area contributed by atoms with E-state index in [-0.39, 0.29) is 11.2 Å². The van der Waals surface area contributed by atoms with Crippen LogP contribution in [-0.2, 0) is 10.5 Å². The second-order valence-corrected chi connectivity index (χ2v) is 7.42. The minimum Gasteiger partial charge on any atom is -0.493 e. The SMILES string of the molecule is COc1ccc(-c2noc(CSC3=NC(=O)C4SC=CC4=N3)n2)cc1OC. The van der Waals surface area contributed by atoms with Gasteiger partial charge in [-0.3, -0.25) is 4.79 Å². The van der Waals surface area contributed by atoms with E-state index in [4.69, 9.17) is 14.0 Å². The molecule has 1 amide bonds. The van der Waals surface area contributed by atoms with Crippen molar-refractivity contribution in [2.75, 3.05) is 14.2 Å². The Morgan fingerprint density at radius 3 is 2.89 bits per heavy atom. The maximum absolute atomic E-state index is 12.0. The molecule has 0 bridgehead atoms. The Morgan fingerprint density at radius 1 is 1.22 bits per heavy atom. The van der Waals surface area contributed by atoms with Gasteiger partial charge >= 0.3 is 0 Å². The molecule has 27 heavy (non-hydrogen) atoms. The Morgan fingerprint density at radius 2 is 2.07 bits per heavy atom. The first-order chi connectivity index (χ1) is 13.2. The zero-order valence-electron chi connectivity index (χ0n) is 14.4. The predicted molar refractivity (Wildman–Crippen MR) is 105 cm³/mol. The first-order valence-electron chi connectivity index (χ1n) is 7.89. The van der Waals surface area contributed by atoms with Gasteiger partial charge in [0.15, 0.2) is 16.7 Å². The summed E-state index contributed by atoms with van der Waals surface area (Å²) in [5.41, 5.74) is 1.48. The fraction of sp³-hybridized carbons (Fsp3) is 0.235. The van der Waals surface area contributed by atoms with Crippen LogP contribution in [0.4, 0.5) is 0 Å². The number of aromatic nitrogens is 2. The first-order valence-corrected chi connectivity index (χ1v) is 9.81. The van der Waals surface area contributed by atoms with E-state index in [1.807, 2.05) is 17.6 Å². The normalized spacial score (nSPS) is 18.1. The van der Waals surface area contributed by atoms with Crippen LogP contribution in [0.1, 0.15) is 5.89 Å². The van der Waals surface area contributed by atoms with Crippen molar-refractivity contribution < 1.29 is 18.8 Å². The average Bonchev–Trinajstić information content (AvgIpc) is 3.35. The van der Waals surface area contributed by atoms with Gasteiger partial charge in [0.2, 0.25) is 11.7 Å². The van der Waals surface area contributed by atoms with Gasteiger partial charge in [-0.1, -0.05) is 16.9 Å². The lowest BCUT2D eigenvalue weighted by Gasteiger charge is -2.11. The minimum atomic E-state index is -0.297. The zero-order chi connectivity index (χ0) is 18.8. The molecule has 0 fully saturated rings. The molecule has 10 heteroatoms. The van der Waals surface area contributed by atoms with Crippen LogP contribution in [0.5, 0.6) is 11.5 Å². The summed E-state index contributed by atoms with van der Waals surface area (Å²) in [5.74, 6) is 2.24. The number of hydrogen-bond acceptors (Lipinski definition) is 9. The third-order valence-corrected chi connectivity index (χ3v) is 5.65. The highest BCUT2D eigenvalue weighted by Gasteiger charge is 2.30. The van der Waals surface area contributed by atoms with Gasteiger partial charge in [-0.05, 0) is 29.7 Å². The highest BCUT2D eigenvalue weighted by molar-refractivity contribution is 8.13. The molecule has 0 saturated carbocycles. The van der Waals surface area contributed by atoms with Crippen LogP contribution in [0.15, 0.2) is 44.2 Å². The molecule has 0 saturated heterocycles. The van der Waals surface area contributed by atoms with E-state index in [9.17, 15) is 4.79 Å². The molecular weight excluding hydrogens is 388 g/mol. The molecule has 0 radical (unpaired) electrons. The van der Waals surface area contributed by atoms with Gasteiger partial charge in [0.25, 0.3) is 5.91 Å². The molecule has 3 heterocycles. The lowest BCUT2D eigenvalue weighted by atomic mass is 10.2. The topological polar surface area (TPSA) is 99.2 Å². The standard InChI is InChI=1S/C17H14N4O4S2/c1-23-11-4-3-9(7-12(11)24-2)15-19-13(25-21-15)8-27-17-18-10-5-6-26-14(10)16(22)20-17/h3-7,14H,8H2,1-2H3. The van der Waals surface area contributed by atoms with E-state index in [1.165, 1.54) is 23.5 Å². The fourth-order valence-corrected chi connectivity index (χ4v) is 4.02. The summed E-state index contributed by atoms with van der Waals surface area (Å²) < 4.78 is 15.8. The number of amidine groups is 1. The maximum Gasteiger partial charge on any atom is 0.267 e. The van der Waals surface area contributed by atoms with Crippen molar-refractivity contribution in [3.63, 3.8) is 0 Å². The Balaban J connectivity index is 1.46. The first kappa shape index (κ1) is 17.8. The number of allylic oxidation sites excluding steroid dienone is 1. The van der Waals surface area contributed by atoms with Crippen molar-refractivity contribution >= 4 is 40.3 Å². The van der Waals surface area contributed by atoms with Gasteiger partial charge in [0.1, 0.15) is 5.25 Å². The van der Waals surface area contributed by atoms with E-state index < -0.39 is 0 Å². The van der Waals surface area contributed by atoms with Crippen molar-refractivity contribution in [1.82, 2.24) is 10.1 Å². The summed E-state index contributed by atoms with van der Waals surface area (Å²) in [5, 5.41) is 5.97. The molecule has 2 aromatic rings. The Bertz CT molecular complexity index is 983. The molecule has 138 valence electrons. The monoisotopic (exact) mass is 402 g/mol. The Hall–Kier alpha value is -2.59. The number of carbonyl (C=O) groups excluding carboxylic acids is 1. The van der Waals surface area contributed by atoms with E-state index in [0.717, 1.165) is 11.3 Å². The molecular formula is C17H14N4O4S2. The Kier molecular flexibility index (Phi) is 4.99. The zero-order valence-corrected chi connectivity index (χ0v) is 16.0. The van der Waals surface area contributed by atoms with Crippen LogP contribution in [0.25, 0.3) is 11.4 Å². The van der Waals surface area contributed by atoms with Crippen LogP contribution in [-0.4, -0.2) is 46.4 Å². The number of aliphatic imine (C=N–C) groups is 2. The number of carbonyl (C=O) groups is 1. The number of nitrogens with zero attached hydrogens (tertiary/aromatic N) is 4. The lowest BCUT2D eigenvalue weighted by Crippen LogP contribution is -2.26. The number of methoxy groups -OCH3 is 2. The van der Waals surface area contributed by atoms with Crippen molar-refractivity contribution in [3.05, 3.63) is 35.6 Å². The smallest absolute Gasteiger partial charge is 0.267 e. The van der Waals surface area contributed by atoms with E-state index in [0.29, 0.717) is 34.1 Å². The van der Waals surface area contributed by atoms with Gasteiger partial charge in [-0.25, -0.2) is 4.99 Å². The molecule has 1 unspecified atom stereocenters.